The van der Waals surface area contributed by atoms with E-state index >= 15 is 0 Å². The molecule has 1 N–H and O–H groups in total. The van der Waals surface area contributed by atoms with Crippen LogP contribution in [0.25, 0.3) is 22.6 Å². The normalized spacial score (nSPS) is 12.1. The number of benzene rings is 3. The van der Waals surface area contributed by atoms with Crippen LogP contribution in [-0.2, 0) is 24.1 Å². The Morgan fingerprint density at radius 2 is 1.91 bits per heavy atom. The molecule has 0 fully saturated rings. The van der Waals surface area contributed by atoms with Crippen molar-refractivity contribution in [2.75, 3.05) is 12.4 Å². The highest BCUT2D eigenvalue weighted by molar-refractivity contribution is 9.10. The van der Waals surface area contributed by atoms with Gasteiger partial charge in [-0.1, -0.05) is 39.3 Å². The summed E-state index contributed by atoms with van der Waals surface area (Å²) in [6, 6.07) is 21.5. The van der Waals surface area contributed by atoms with E-state index in [0.717, 1.165) is 62.5 Å². The predicted octanol–water partition coefficient (Wildman–Crippen LogP) is 6.06. The number of rotatable bonds is 5. The van der Waals surface area contributed by atoms with Crippen LogP contribution in [-0.4, -0.2) is 18.2 Å². The SMILES string of the molecule is COc1ccc2c(c1)CCc1c-2noc1-c1ccc(NC(=O)Cc2ccccc2Br)cc1. The fourth-order valence-corrected chi connectivity index (χ4v) is 4.52. The monoisotopic (exact) mass is 488 g/mol. The molecular weight excluding hydrogens is 468 g/mol. The molecule has 5 nitrogen and oxygen atoms in total. The predicted molar refractivity (Wildman–Crippen MR) is 128 cm³/mol. The second-order valence-corrected chi connectivity index (χ2v) is 8.61. The van der Waals surface area contributed by atoms with Crippen LogP contribution in [0.4, 0.5) is 5.69 Å². The molecule has 32 heavy (non-hydrogen) atoms. The molecule has 0 saturated heterocycles. The Labute approximate surface area is 194 Å². The van der Waals surface area contributed by atoms with Gasteiger partial charge in [-0.3, -0.25) is 4.79 Å². The minimum atomic E-state index is -0.0614. The number of aromatic nitrogens is 1. The Hall–Kier alpha value is -3.38. The Morgan fingerprint density at radius 1 is 1.09 bits per heavy atom. The standard InChI is InChI=1S/C26H21BrN2O3/c1-31-20-11-13-21-17(14-20)8-12-22-25(21)29-32-26(22)16-6-9-19(10-7-16)28-24(30)15-18-4-2-3-5-23(18)27/h2-7,9-11,13-14H,8,12,15H2,1H3,(H,28,30). The van der Waals surface area contributed by atoms with Crippen LogP contribution < -0.4 is 10.1 Å². The summed E-state index contributed by atoms with van der Waals surface area (Å²) >= 11 is 3.49. The molecule has 1 aliphatic rings. The van der Waals surface area contributed by atoms with Gasteiger partial charge in [-0.2, -0.15) is 0 Å². The van der Waals surface area contributed by atoms with Crippen LogP contribution in [0.1, 0.15) is 16.7 Å². The zero-order chi connectivity index (χ0) is 22.1. The maximum Gasteiger partial charge on any atom is 0.228 e. The highest BCUT2D eigenvalue weighted by Crippen LogP contribution is 2.39. The molecule has 0 saturated carbocycles. The number of amides is 1. The number of carbonyl (C=O) groups excluding carboxylic acids is 1. The molecule has 1 amide bonds. The van der Waals surface area contributed by atoms with E-state index in [9.17, 15) is 4.79 Å². The summed E-state index contributed by atoms with van der Waals surface area (Å²) in [6.07, 6.45) is 2.08. The molecule has 5 rings (SSSR count). The third-order valence-electron chi connectivity index (χ3n) is 5.74. The van der Waals surface area contributed by atoms with Crippen LogP contribution in [0, 0.1) is 0 Å². The number of nitrogens with zero attached hydrogens (tertiary/aromatic N) is 1. The van der Waals surface area contributed by atoms with Crippen LogP contribution in [0.2, 0.25) is 0 Å². The van der Waals surface area contributed by atoms with Crippen molar-refractivity contribution in [1.29, 1.82) is 0 Å². The van der Waals surface area contributed by atoms with Gasteiger partial charge in [0.2, 0.25) is 5.91 Å². The molecule has 1 heterocycles. The lowest BCUT2D eigenvalue weighted by atomic mass is 9.88. The summed E-state index contributed by atoms with van der Waals surface area (Å²) in [5.74, 6) is 1.58. The quantitative estimate of drug-likeness (QED) is 0.370. The van der Waals surface area contributed by atoms with Crippen molar-refractivity contribution in [1.82, 2.24) is 5.16 Å². The summed E-state index contributed by atoms with van der Waals surface area (Å²) in [5, 5.41) is 7.32. The smallest absolute Gasteiger partial charge is 0.228 e. The molecular formula is C26H21BrN2O3. The maximum absolute atomic E-state index is 12.4. The number of ether oxygens (including phenoxy) is 1. The van der Waals surface area contributed by atoms with Gasteiger partial charge in [-0.15, -0.1) is 0 Å². The van der Waals surface area contributed by atoms with E-state index in [2.05, 4.69) is 32.5 Å². The zero-order valence-electron chi connectivity index (χ0n) is 17.5. The van der Waals surface area contributed by atoms with Gasteiger partial charge < -0.3 is 14.6 Å². The highest BCUT2D eigenvalue weighted by Gasteiger charge is 2.25. The van der Waals surface area contributed by atoms with Crippen molar-refractivity contribution < 1.29 is 14.1 Å². The first-order valence-corrected chi connectivity index (χ1v) is 11.2. The summed E-state index contributed by atoms with van der Waals surface area (Å²) in [4.78, 5) is 12.4. The second-order valence-electron chi connectivity index (χ2n) is 7.76. The van der Waals surface area contributed by atoms with Crippen molar-refractivity contribution >= 4 is 27.5 Å². The number of hydrogen-bond donors (Lipinski definition) is 1. The van der Waals surface area contributed by atoms with Gasteiger partial charge in [0.25, 0.3) is 0 Å². The molecule has 4 aromatic rings. The van der Waals surface area contributed by atoms with Crippen LogP contribution in [0.3, 0.4) is 0 Å². The number of fused-ring (bicyclic) bond motifs is 3. The third-order valence-corrected chi connectivity index (χ3v) is 6.51. The van der Waals surface area contributed by atoms with Gasteiger partial charge in [0.15, 0.2) is 5.76 Å². The van der Waals surface area contributed by atoms with Crippen LogP contribution >= 0.6 is 15.9 Å². The number of aryl methyl sites for hydroxylation is 1. The van der Waals surface area contributed by atoms with E-state index in [0.29, 0.717) is 6.42 Å². The lowest BCUT2D eigenvalue weighted by molar-refractivity contribution is -0.115. The van der Waals surface area contributed by atoms with Crippen molar-refractivity contribution in [2.45, 2.75) is 19.3 Å². The summed E-state index contributed by atoms with van der Waals surface area (Å²) in [6.45, 7) is 0. The van der Waals surface area contributed by atoms with E-state index in [1.807, 2.05) is 60.7 Å². The molecule has 0 bridgehead atoms. The fourth-order valence-electron chi connectivity index (χ4n) is 4.10. The molecule has 0 atom stereocenters. The Morgan fingerprint density at radius 3 is 2.69 bits per heavy atom. The summed E-state index contributed by atoms with van der Waals surface area (Å²) < 4.78 is 12.0. The van der Waals surface area contributed by atoms with Crippen molar-refractivity contribution in [3.8, 4) is 28.3 Å². The van der Waals surface area contributed by atoms with Gasteiger partial charge in [0, 0.05) is 26.9 Å². The number of anilines is 1. The molecule has 1 aromatic heterocycles. The number of nitrogens with one attached hydrogen (secondary N) is 1. The first kappa shape index (κ1) is 20.5. The lowest BCUT2D eigenvalue weighted by Crippen LogP contribution is -2.14. The number of methoxy groups -OCH3 is 1. The number of carbonyl (C=O) groups is 1. The van der Waals surface area contributed by atoms with Gasteiger partial charge in [0.05, 0.1) is 13.5 Å². The lowest BCUT2D eigenvalue weighted by Gasteiger charge is -2.16. The third kappa shape index (κ3) is 3.94. The fraction of sp³-hybridized carbons (Fsp3) is 0.154. The van der Waals surface area contributed by atoms with Crippen molar-refractivity contribution in [2.24, 2.45) is 0 Å². The van der Waals surface area contributed by atoms with Crippen molar-refractivity contribution in [3.63, 3.8) is 0 Å². The van der Waals surface area contributed by atoms with E-state index in [4.69, 9.17) is 9.26 Å². The molecule has 0 aliphatic heterocycles. The van der Waals surface area contributed by atoms with Gasteiger partial charge in [0.1, 0.15) is 11.4 Å². The average Bonchev–Trinajstić information content (AvgIpc) is 3.25. The first-order chi connectivity index (χ1) is 15.6. The molecule has 3 aromatic carbocycles. The van der Waals surface area contributed by atoms with E-state index in [1.165, 1.54) is 5.56 Å². The van der Waals surface area contributed by atoms with E-state index < -0.39 is 0 Å². The van der Waals surface area contributed by atoms with Crippen molar-refractivity contribution in [3.05, 3.63) is 87.9 Å². The maximum atomic E-state index is 12.4. The summed E-state index contributed by atoms with van der Waals surface area (Å²) in [7, 11) is 1.68. The molecule has 0 spiro atoms. The summed E-state index contributed by atoms with van der Waals surface area (Å²) in [5.41, 5.74) is 6.98. The van der Waals surface area contributed by atoms with Gasteiger partial charge in [-0.05, 0) is 72.5 Å². The molecule has 1 aliphatic carbocycles. The molecule has 6 heteroatoms. The average molecular weight is 489 g/mol. The minimum absolute atomic E-state index is 0.0614. The number of hydrogen-bond acceptors (Lipinski definition) is 4. The first-order valence-electron chi connectivity index (χ1n) is 10.4. The Bertz CT molecular complexity index is 1290. The zero-order valence-corrected chi connectivity index (χ0v) is 19.1. The van der Waals surface area contributed by atoms with E-state index in [-0.39, 0.29) is 5.91 Å². The Kier molecular flexibility index (Phi) is 5.53. The number of halogens is 1. The van der Waals surface area contributed by atoms with Crippen LogP contribution in [0.5, 0.6) is 5.75 Å². The second kappa shape index (κ2) is 8.63. The minimum Gasteiger partial charge on any atom is -0.497 e. The van der Waals surface area contributed by atoms with E-state index in [1.54, 1.807) is 7.11 Å². The molecule has 0 unspecified atom stereocenters. The largest absolute Gasteiger partial charge is 0.497 e. The topological polar surface area (TPSA) is 64.4 Å². The van der Waals surface area contributed by atoms with Crippen LogP contribution in [0.15, 0.2) is 75.7 Å². The Balaban J connectivity index is 1.33. The molecule has 0 radical (unpaired) electrons. The highest BCUT2D eigenvalue weighted by atomic mass is 79.9. The molecule has 160 valence electrons. The van der Waals surface area contributed by atoms with Gasteiger partial charge in [-0.25, -0.2) is 0 Å². The van der Waals surface area contributed by atoms with Gasteiger partial charge >= 0.3 is 0 Å².